The van der Waals surface area contributed by atoms with E-state index in [4.69, 9.17) is 4.74 Å². The Morgan fingerprint density at radius 1 is 1.27 bits per heavy atom. The number of rotatable bonds is 2. The van der Waals surface area contributed by atoms with Gasteiger partial charge in [-0.15, -0.1) is 0 Å². The van der Waals surface area contributed by atoms with Gasteiger partial charge in [-0.05, 0) is 31.6 Å². The number of carbonyl (C=O) groups excluding carboxylic acids is 1. The van der Waals surface area contributed by atoms with E-state index in [2.05, 4.69) is 0 Å². The molecule has 2 fully saturated rings. The third-order valence-corrected chi connectivity index (χ3v) is 2.70. The molecule has 2 rings (SSSR count). The lowest BCUT2D eigenvalue weighted by Gasteiger charge is -2.26. The zero-order valence-corrected chi connectivity index (χ0v) is 6.66. The Labute approximate surface area is 66.9 Å². The number of carbonyl (C=O) groups is 1. The SMILES string of the molecule is O=C[C@H]1CCO[C@H](C2CC2)C1. The van der Waals surface area contributed by atoms with Crippen LogP contribution in [0.15, 0.2) is 0 Å². The molecule has 0 aromatic heterocycles. The molecule has 1 saturated carbocycles. The van der Waals surface area contributed by atoms with Gasteiger partial charge < -0.3 is 9.53 Å². The van der Waals surface area contributed by atoms with E-state index in [9.17, 15) is 4.79 Å². The summed E-state index contributed by atoms with van der Waals surface area (Å²) in [5.41, 5.74) is 0. The molecule has 0 N–H and O–H groups in total. The summed E-state index contributed by atoms with van der Waals surface area (Å²) in [5.74, 6) is 1.08. The van der Waals surface area contributed by atoms with Gasteiger partial charge in [0.25, 0.3) is 0 Å². The van der Waals surface area contributed by atoms with Gasteiger partial charge >= 0.3 is 0 Å². The quantitative estimate of drug-likeness (QED) is 0.562. The molecule has 2 nitrogen and oxygen atoms in total. The van der Waals surface area contributed by atoms with E-state index in [1.165, 1.54) is 12.8 Å². The minimum atomic E-state index is 0.286. The predicted octanol–water partition coefficient (Wildman–Crippen LogP) is 1.39. The van der Waals surface area contributed by atoms with Gasteiger partial charge in [0.05, 0.1) is 6.10 Å². The molecule has 0 aromatic carbocycles. The van der Waals surface area contributed by atoms with Crippen molar-refractivity contribution in [3.8, 4) is 0 Å². The first-order valence-corrected chi connectivity index (χ1v) is 4.47. The fourth-order valence-electron chi connectivity index (χ4n) is 1.78. The molecule has 0 spiro atoms. The number of ether oxygens (including phenoxy) is 1. The Bertz CT molecular complexity index is 152. The Balaban J connectivity index is 1.86. The van der Waals surface area contributed by atoms with Crippen LogP contribution >= 0.6 is 0 Å². The maximum Gasteiger partial charge on any atom is 0.123 e. The summed E-state index contributed by atoms with van der Waals surface area (Å²) in [7, 11) is 0. The molecular weight excluding hydrogens is 140 g/mol. The van der Waals surface area contributed by atoms with Crippen molar-refractivity contribution in [1.29, 1.82) is 0 Å². The lowest BCUT2D eigenvalue weighted by atomic mass is 9.95. The minimum Gasteiger partial charge on any atom is -0.378 e. The highest BCUT2D eigenvalue weighted by Gasteiger charge is 2.35. The molecule has 1 aliphatic carbocycles. The predicted molar refractivity (Wildman–Crippen MR) is 41.3 cm³/mol. The summed E-state index contributed by atoms with van der Waals surface area (Å²) >= 11 is 0. The maximum absolute atomic E-state index is 10.5. The molecule has 0 unspecified atom stereocenters. The van der Waals surface area contributed by atoms with E-state index in [0.29, 0.717) is 6.10 Å². The van der Waals surface area contributed by atoms with Crippen LogP contribution in [-0.4, -0.2) is 19.0 Å². The van der Waals surface area contributed by atoms with Crippen molar-refractivity contribution in [3.05, 3.63) is 0 Å². The monoisotopic (exact) mass is 154 g/mol. The van der Waals surface area contributed by atoms with Gasteiger partial charge in [-0.1, -0.05) is 0 Å². The topological polar surface area (TPSA) is 26.3 Å². The van der Waals surface area contributed by atoms with E-state index in [1.54, 1.807) is 0 Å². The van der Waals surface area contributed by atoms with Crippen LogP contribution in [0.25, 0.3) is 0 Å². The van der Waals surface area contributed by atoms with Crippen molar-refractivity contribution in [2.45, 2.75) is 31.8 Å². The number of hydrogen-bond donors (Lipinski definition) is 0. The third-order valence-electron chi connectivity index (χ3n) is 2.70. The zero-order valence-electron chi connectivity index (χ0n) is 6.66. The highest BCUT2D eigenvalue weighted by atomic mass is 16.5. The average molecular weight is 154 g/mol. The molecule has 2 heteroatoms. The molecule has 0 bridgehead atoms. The lowest BCUT2D eigenvalue weighted by molar-refractivity contribution is -0.116. The van der Waals surface area contributed by atoms with Crippen molar-refractivity contribution in [3.63, 3.8) is 0 Å². The summed E-state index contributed by atoms with van der Waals surface area (Å²) < 4.78 is 5.58. The molecule has 2 atom stereocenters. The van der Waals surface area contributed by atoms with Crippen molar-refractivity contribution >= 4 is 6.29 Å². The largest absolute Gasteiger partial charge is 0.378 e. The molecule has 62 valence electrons. The van der Waals surface area contributed by atoms with E-state index in [0.717, 1.165) is 31.7 Å². The minimum absolute atomic E-state index is 0.286. The zero-order chi connectivity index (χ0) is 7.68. The van der Waals surface area contributed by atoms with Gasteiger partial charge in [-0.2, -0.15) is 0 Å². The third kappa shape index (κ3) is 1.62. The van der Waals surface area contributed by atoms with Crippen molar-refractivity contribution in [2.24, 2.45) is 11.8 Å². The first kappa shape index (κ1) is 7.29. The van der Waals surface area contributed by atoms with E-state index < -0.39 is 0 Å². The molecular formula is C9H14O2. The Kier molecular flexibility index (Phi) is 1.95. The Morgan fingerprint density at radius 3 is 2.73 bits per heavy atom. The Hall–Kier alpha value is -0.370. The molecule has 1 saturated heterocycles. The van der Waals surface area contributed by atoms with Crippen LogP contribution in [0.3, 0.4) is 0 Å². The van der Waals surface area contributed by atoms with E-state index in [1.807, 2.05) is 0 Å². The smallest absolute Gasteiger partial charge is 0.123 e. The van der Waals surface area contributed by atoms with Gasteiger partial charge in [-0.3, -0.25) is 0 Å². The fourth-order valence-corrected chi connectivity index (χ4v) is 1.78. The molecule has 1 heterocycles. The van der Waals surface area contributed by atoms with Crippen LogP contribution < -0.4 is 0 Å². The average Bonchev–Trinajstić information content (AvgIpc) is 2.87. The summed E-state index contributed by atoms with van der Waals surface area (Å²) in [5, 5.41) is 0. The van der Waals surface area contributed by atoms with Crippen LogP contribution in [0, 0.1) is 11.8 Å². The normalized spacial score (nSPS) is 38.5. The molecule has 0 radical (unpaired) electrons. The highest BCUT2D eigenvalue weighted by Crippen LogP contribution is 2.38. The fraction of sp³-hybridized carbons (Fsp3) is 0.889. The summed E-state index contributed by atoms with van der Waals surface area (Å²) in [6.07, 6.45) is 6.06. The van der Waals surface area contributed by atoms with E-state index in [-0.39, 0.29) is 5.92 Å². The van der Waals surface area contributed by atoms with Gasteiger partial charge in [0.2, 0.25) is 0 Å². The second-order valence-electron chi connectivity index (χ2n) is 3.67. The van der Waals surface area contributed by atoms with Gasteiger partial charge in [0, 0.05) is 12.5 Å². The van der Waals surface area contributed by atoms with Crippen LogP contribution in [0.1, 0.15) is 25.7 Å². The van der Waals surface area contributed by atoms with Crippen LogP contribution in [0.4, 0.5) is 0 Å². The summed E-state index contributed by atoms with van der Waals surface area (Å²) in [6, 6.07) is 0. The summed E-state index contributed by atoms with van der Waals surface area (Å²) in [4.78, 5) is 10.5. The first-order chi connectivity index (χ1) is 5.40. The van der Waals surface area contributed by atoms with Crippen molar-refractivity contribution in [1.82, 2.24) is 0 Å². The standard InChI is InChI=1S/C9H14O2/c10-6-7-3-4-11-9(5-7)8-1-2-8/h6-9H,1-5H2/t7-,9-/m0/s1. The molecule has 0 amide bonds. The lowest BCUT2D eigenvalue weighted by Crippen LogP contribution is -2.27. The number of aldehydes is 1. The van der Waals surface area contributed by atoms with Crippen LogP contribution in [-0.2, 0) is 9.53 Å². The van der Waals surface area contributed by atoms with E-state index >= 15 is 0 Å². The molecule has 1 aliphatic heterocycles. The molecule has 11 heavy (non-hydrogen) atoms. The Morgan fingerprint density at radius 2 is 2.09 bits per heavy atom. The summed E-state index contributed by atoms with van der Waals surface area (Å²) in [6.45, 7) is 0.796. The highest BCUT2D eigenvalue weighted by molar-refractivity contribution is 5.53. The number of hydrogen-bond acceptors (Lipinski definition) is 2. The maximum atomic E-state index is 10.5. The second-order valence-corrected chi connectivity index (χ2v) is 3.67. The van der Waals surface area contributed by atoms with Crippen molar-refractivity contribution < 1.29 is 9.53 Å². The van der Waals surface area contributed by atoms with Gasteiger partial charge in [-0.25, -0.2) is 0 Å². The van der Waals surface area contributed by atoms with Gasteiger partial charge in [0.15, 0.2) is 0 Å². The van der Waals surface area contributed by atoms with Crippen LogP contribution in [0.5, 0.6) is 0 Å². The van der Waals surface area contributed by atoms with Crippen molar-refractivity contribution in [2.75, 3.05) is 6.61 Å². The first-order valence-electron chi connectivity index (χ1n) is 4.47. The second kappa shape index (κ2) is 2.94. The van der Waals surface area contributed by atoms with Crippen LogP contribution in [0.2, 0.25) is 0 Å². The molecule has 2 aliphatic rings. The molecule has 0 aromatic rings. The van der Waals surface area contributed by atoms with Gasteiger partial charge in [0.1, 0.15) is 6.29 Å².